The molecule has 0 saturated carbocycles. The van der Waals surface area contributed by atoms with Gasteiger partial charge in [-0.25, -0.2) is 0 Å². The fraction of sp³-hybridized carbons (Fsp3) is 0.392. The lowest BCUT2D eigenvalue weighted by molar-refractivity contribution is 0.332. The Hall–Kier alpha value is -6.56. The van der Waals surface area contributed by atoms with Gasteiger partial charge in [-0.3, -0.25) is 0 Å². The lowest BCUT2D eigenvalue weighted by Crippen LogP contribution is -2.62. The van der Waals surface area contributed by atoms with E-state index in [1.165, 1.54) is 81.2 Å². The summed E-state index contributed by atoms with van der Waals surface area (Å²) in [5, 5.41) is 2.43. The number of nitrogens with zero attached hydrogens (tertiary/aromatic N) is 3. The van der Waals surface area contributed by atoms with Gasteiger partial charge in [-0.15, -0.1) is 11.3 Å². The van der Waals surface area contributed by atoms with Crippen LogP contribution in [0, 0.1) is 20.7 Å². The van der Waals surface area contributed by atoms with Crippen LogP contribution in [-0.2, 0) is 37.9 Å². The number of aryl methyl sites for hydroxylation is 3. The summed E-state index contributed by atoms with van der Waals surface area (Å²) < 4.78 is 30.9. The standard InChI is InChI=1S/C79H90BN3S/c1-47-38-68-71-69(39-47)83(65-23-21-22-56-55-29-24-52(75(10,11)12)42-70(55)84-72(56)65)66-44-54(81(63-32-25-50(40-48(63)2)73(4,5)6)64-33-26-51(41-49(64)3)74(7,8)9)28-31-61(66)80(71)62-45-59-60(79(19,20)37-36-78(59,17)18)46-67(62)82(68)53-27-30-57-58(43-53)77(15,16)35-34-76(57,13)14/h21-33,38-46H,34-37H2,1-20H3/i1D3. The van der Waals surface area contributed by atoms with Crippen molar-refractivity contribution >= 4 is 106 Å². The zero-order valence-corrected chi connectivity index (χ0v) is 54.7. The molecule has 0 N–H and O–H groups in total. The summed E-state index contributed by atoms with van der Waals surface area (Å²) in [5.74, 6) is 0. The third kappa shape index (κ3) is 8.92. The molecule has 3 heterocycles. The minimum Gasteiger partial charge on any atom is -0.311 e. The van der Waals surface area contributed by atoms with E-state index in [-0.39, 0.29) is 44.6 Å². The number of rotatable bonds is 5. The number of benzene rings is 8. The molecule has 0 amide bonds. The van der Waals surface area contributed by atoms with Gasteiger partial charge in [-0.2, -0.15) is 0 Å². The van der Waals surface area contributed by atoms with Crippen LogP contribution in [0.4, 0.5) is 51.2 Å². The van der Waals surface area contributed by atoms with Gasteiger partial charge in [0.05, 0.1) is 10.4 Å². The Labute approximate surface area is 512 Å². The number of thiophene rings is 1. The van der Waals surface area contributed by atoms with Gasteiger partial charge < -0.3 is 14.7 Å². The van der Waals surface area contributed by atoms with Crippen molar-refractivity contribution in [2.24, 2.45) is 0 Å². The van der Waals surface area contributed by atoms with E-state index in [0.29, 0.717) is 5.56 Å². The first-order valence-corrected chi connectivity index (χ1v) is 32.0. The first kappa shape index (κ1) is 53.0. The average molecular weight is 1130 g/mol. The fourth-order valence-corrected chi connectivity index (χ4v) is 16.3. The normalized spacial score (nSPS) is 18.1. The molecule has 0 atom stereocenters. The van der Waals surface area contributed by atoms with Crippen LogP contribution in [0.1, 0.15) is 203 Å². The van der Waals surface area contributed by atoms with Crippen LogP contribution in [0.2, 0.25) is 0 Å². The van der Waals surface area contributed by atoms with Crippen LogP contribution in [0.5, 0.6) is 0 Å². The maximum atomic E-state index is 9.50. The summed E-state index contributed by atoms with van der Waals surface area (Å²) in [7, 11) is 0. The molecular formula is C79H90BN3S. The Morgan fingerprint density at radius 1 is 0.464 bits per heavy atom. The summed E-state index contributed by atoms with van der Waals surface area (Å²) in [6.45, 7) is 41.9. The monoisotopic (exact) mass is 1130 g/mol. The zero-order valence-electron chi connectivity index (χ0n) is 56.9. The quantitative estimate of drug-likeness (QED) is 0.159. The molecule has 0 fully saturated rings. The largest absolute Gasteiger partial charge is 0.311 e. The second-order valence-electron chi connectivity index (χ2n) is 31.6. The molecule has 0 radical (unpaired) electrons. The molecule has 3 nitrogen and oxygen atoms in total. The van der Waals surface area contributed by atoms with Crippen molar-refractivity contribution in [3.63, 3.8) is 0 Å². The van der Waals surface area contributed by atoms with Crippen molar-refractivity contribution in [2.75, 3.05) is 14.7 Å². The SMILES string of the molecule is [2H]C([2H])([2H])c1cc2c3c(c1)N(c1cccc4c1sc1cc(C(C)(C)C)ccc14)c1cc(N(c4ccc(C(C)(C)C)cc4C)c4ccc(C(C)(C)C)cc4C)ccc1B3c1cc3c(cc1N2c1ccc2c(c1)C(C)(C)CCC2(C)C)C(C)(C)CCC3(C)C. The topological polar surface area (TPSA) is 9.72 Å². The molecule has 0 spiro atoms. The van der Waals surface area contributed by atoms with E-state index < -0.39 is 6.85 Å². The minimum absolute atomic E-state index is 0.0209. The van der Waals surface area contributed by atoms with E-state index in [1.54, 1.807) is 0 Å². The Kier molecular flexibility index (Phi) is 11.8. The van der Waals surface area contributed by atoms with Crippen molar-refractivity contribution < 1.29 is 4.11 Å². The summed E-state index contributed by atoms with van der Waals surface area (Å²) >= 11 is 1.85. The highest BCUT2D eigenvalue weighted by molar-refractivity contribution is 7.26. The summed E-state index contributed by atoms with van der Waals surface area (Å²) in [4.78, 5) is 7.48. The second-order valence-corrected chi connectivity index (χ2v) is 32.6. The van der Waals surface area contributed by atoms with Gasteiger partial charge in [-0.1, -0.05) is 184 Å². The highest BCUT2D eigenvalue weighted by Crippen LogP contribution is 2.55. The second kappa shape index (κ2) is 18.7. The maximum absolute atomic E-state index is 9.50. The summed E-state index contributed by atoms with van der Waals surface area (Å²) in [6, 6.07) is 51.6. The van der Waals surface area contributed by atoms with Gasteiger partial charge >= 0.3 is 0 Å². The van der Waals surface area contributed by atoms with Crippen molar-refractivity contribution in [3.05, 3.63) is 189 Å². The number of hydrogen-bond acceptors (Lipinski definition) is 4. The third-order valence-corrected chi connectivity index (χ3v) is 21.8. The Morgan fingerprint density at radius 3 is 1.56 bits per heavy atom. The fourth-order valence-electron chi connectivity index (χ4n) is 15.0. The van der Waals surface area contributed by atoms with Gasteiger partial charge in [-0.05, 0) is 223 Å². The Morgan fingerprint density at radius 2 is 0.988 bits per heavy atom. The zero-order chi connectivity index (χ0) is 62.4. The molecule has 13 rings (SSSR count). The first-order chi connectivity index (χ1) is 40.4. The van der Waals surface area contributed by atoms with Gasteiger partial charge in [0.15, 0.2) is 0 Å². The molecule has 0 saturated heterocycles. The van der Waals surface area contributed by atoms with E-state index in [9.17, 15) is 4.11 Å². The van der Waals surface area contributed by atoms with Gasteiger partial charge in [0, 0.05) is 65.1 Å². The predicted octanol–water partition coefficient (Wildman–Crippen LogP) is 21.1. The van der Waals surface area contributed by atoms with Crippen molar-refractivity contribution in [3.8, 4) is 0 Å². The molecule has 1 aromatic heterocycles. The molecule has 84 heavy (non-hydrogen) atoms. The van der Waals surface area contributed by atoms with Crippen molar-refractivity contribution in [1.82, 2.24) is 0 Å². The Balaban J connectivity index is 1.17. The van der Waals surface area contributed by atoms with E-state index >= 15 is 0 Å². The molecule has 9 aromatic rings. The molecule has 2 aliphatic heterocycles. The van der Waals surface area contributed by atoms with Crippen LogP contribution in [-0.4, -0.2) is 6.71 Å². The molecule has 0 bridgehead atoms. The van der Waals surface area contributed by atoms with Crippen LogP contribution >= 0.6 is 11.3 Å². The molecule has 4 aliphatic rings. The third-order valence-electron chi connectivity index (χ3n) is 20.6. The van der Waals surface area contributed by atoms with Crippen LogP contribution in [0.25, 0.3) is 20.2 Å². The molecule has 2 aliphatic carbocycles. The minimum atomic E-state index is -2.43. The van der Waals surface area contributed by atoms with Crippen LogP contribution in [0.3, 0.4) is 0 Å². The van der Waals surface area contributed by atoms with E-state index in [2.05, 4.69) is 268 Å². The number of hydrogen-bond donors (Lipinski definition) is 0. The molecule has 0 unspecified atom stereocenters. The Bertz CT molecular complexity index is 4280. The van der Waals surface area contributed by atoms with Gasteiger partial charge in [0.1, 0.15) is 0 Å². The smallest absolute Gasteiger partial charge is 0.252 e. The highest BCUT2D eigenvalue weighted by Gasteiger charge is 2.48. The van der Waals surface area contributed by atoms with Crippen molar-refractivity contribution in [1.29, 1.82) is 0 Å². The molecular weight excluding hydrogens is 1030 g/mol. The van der Waals surface area contributed by atoms with Crippen LogP contribution in [0.15, 0.2) is 133 Å². The van der Waals surface area contributed by atoms with E-state index in [1.807, 2.05) is 23.5 Å². The highest BCUT2D eigenvalue weighted by atomic mass is 32.1. The summed E-state index contributed by atoms with van der Waals surface area (Å²) in [5.41, 5.74) is 24.9. The summed E-state index contributed by atoms with van der Waals surface area (Å²) in [6.07, 6.45) is 4.38. The van der Waals surface area contributed by atoms with Crippen LogP contribution < -0.4 is 31.1 Å². The first-order valence-electron chi connectivity index (χ1n) is 32.7. The van der Waals surface area contributed by atoms with Gasteiger partial charge in [0.2, 0.25) is 0 Å². The van der Waals surface area contributed by atoms with E-state index in [0.717, 1.165) is 82.3 Å². The lowest BCUT2D eigenvalue weighted by atomic mass is 9.33. The van der Waals surface area contributed by atoms with Gasteiger partial charge in [0.25, 0.3) is 6.71 Å². The molecule has 8 aromatic carbocycles. The average Bonchev–Trinajstić information content (AvgIpc) is 0.857. The molecule has 430 valence electrons. The molecule has 5 heteroatoms. The number of fused-ring (bicyclic) bond motifs is 9. The maximum Gasteiger partial charge on any atom is 0.252 e. The predicted molar refractivity (Wildman–Crippen MR) is 369 cm³/mol. The number of anilines is 9. The lowest BCUT2D eigenvalue weighted by Gasteiger charge is -2.48. The van der Waals surface area contributed by atoms with E-state index in [4.69, 9.17) is 0 Å². The van der Waals surface area contributed by atoms with Crippen molar-refractivity contribution in [2.45, 2.75) is 202 Å².